The van der Waals surface area contributed by atoms with E-state index in [1.54, 1.807) is 12.5 Å². The summed E-state index contributed by atoms with van der Waals surface area (Å²) >= 11 is 0. The molecule has 140 valence electrons. The van der Waals surface area contributed by atoms with Gasteiger partial charge >= 0.3 is 0 Å². The van der Waals surface area contributed by atoms with Crippen LogP contribution in [0.15, 0.2) is 54.4 Å². The van der Waals surface area contributed by atoms with Crippen LogP contribution in [0.1, 0.15) is 48.4 Å². The van der Waals surface area contributed by atoms with Gasteiger partial charge in [0.15, 0.2) is 0 Å². The second-order valence-electron chi connectivity index (χ2n) is 7.18. The summed E-state index contributed by atoms with van der Waals surface area (Å²) in [6.07, 6.45) is 7.66. The summed E-state index contributed by atoms with van der Waals surface area (Å²) < 4.78 is 9.68. The molecule has 3 heterocycles. The van der Waals surface area contributed by atoms with Crippen molar-refractivity contribution in [1.29, 1.82) is 5.26 Å². The van der Waals surface area contributed by atoms with E-state index in [4.69, 9.17) is 15.6 Å². The van der Waals surface area contributed by atoms with Crippen molar-refractivity contribution >= 4 is 0 Å². The smallest absolute Gasteiger partial charge is 0.224 e. The first-order valence-electron chi connectivity index (χ1n) is 9.47. The lowest BCUT2D eigenvalue weighted by Crippen LogP contribution is -2.22. The van der Waals surface area contributed by atoms with E-state index in [0.29, 0.717) is 23.9 Å². The fourth-order valence-electron chi connectivity index (χ4n) is 3.88. The van der Waals surface area contributed by atoms with Crippen molar-refractivity contribution in [2.24, 2.45) is 5.73 Å². The summed E-state index contributed by atoms with van der Waals surface area (Å²) in [5.74, 6) is 1.01. The fraction of sp³-hybridized carbons (Fsp3) is 0.286. The van der Waals surface area contributed by atoms with Gasteiger partial charge in [-0.2, -0.15) is 10.4 Å². The Morgan fingerprint density at radius 3 is 2.68 bits per heavy atom. The standard InChI is InChI=1S/C21H20N6O/c1-2-27-21-18(19(25-27)14-3-4-14)17(16(11-22)20(23)28-21)13-5-7-15(8-6-13)26-10-9-24-12-26/h5-10,12,14,17H,2-4,23H2,1H3. The van der Waals surface area contributed by atoms with Gasteiger partial charge in [-0.25, -0.2) is 9.67 Å². The summed E-state index contributed by atoms with van der Waals surface area (Å²) in [4.78, 5) is 4.09. The second kappa shape index (κ2) is 6.27. The summed E-state index contributed by atoms with van der Waals surface area (Å²) in [6.45, 7) is 2.72. The van der Waals surface area contributed by atoms with Crippen LogP contribution in [0.5, 0.6) is 5.88 Å². The quantitative estimate of drug-likeness (QED) is 0.759. The Hall–Kier alpha value is -3.53. The number of aromatic nitrogens is 4. The van der Waals surface area contributed by atoms with Crippen LogP contribution >= 0.6 is 0 Å². The molecule has 2 aliphatic rings. The Morgan fingerprint density at radius 2 is 2.07 bits per heavy atom. The summed E-state index contributed by atoms with van der Waals surface area (Å²) in [5, 5.41) is 14.6. The number of ether oxygens (including phenoxy) is 1. The molecule has 0 spiro atoms. The van der Waals surface area contributed by atoms with Gasteiger partial charge in [-0.05, 0) is 37.5 Å². The first-order chi connectivity index (χ1) is 13.7. The average Bonchev–Trinajstić information content (AvgIpc) is 3.28. The van der Waals surface area contributed by atoms with E-state index in [2.05, 4.69) is 11.1 Å². The van der Waals surface area contributed by atoms with Crippen molar-refractivity contribution in [2.45, 2.75) is 38.1 Å². The lowest BCUT2D eigenvalue weighted by atomic mass is 9.83. The van der Waals surface area contributed by atoms with Crippen molar-refractivity contribution in [3.63, 3.8) is 0 Å². The summed E-state index contributed by atoms with van der Waals surface area (Å²) in [7, 11) is 0. The zero-order valence-corrected chi connectivity index (χ0v) is 15.5. The third kappa shape index (κ3) is 2.49. The predicted molar refractivity (Wildman–Crippen MR) is 103 cm³/mol. The Balaban J connectivity index is 1.66. The number of fused-ring (bicyclic) bond motifs is 1. The topological polar surface area (TPSA) is 94.7 Å². The molecule has 3 aromatic rings. The minimum atomic E-state index is -0.263. The first kappa shape index (κ1) is 16.6. The van der Waals surface area contributed by atoms with Crippen LogP contribution in [-0.2, 0) is 6.54 Å². The van der Waals surface area contributed by atoms with Gasteiger partial charge in [0.1, 0.15) is 11.6 Å². The molecule has 1 aromatic carbocycles. The molecule has 1 fully saturated rings. The molecule has 0 saturated heterocycles. The van der Waals surface area contributed by atoms with Crippen molar-refractivity contribution < 1.29 is 4.74 Å². The largest absolute Gasteiger partial charge is 0.422 e. The number of nitriles is 1. The highest BCUT2D eigenvalue weighted by molar-refractivity contribution is 5.57. The average molecular weight is 372 g/mol. The van der Waals surface area contributed by atoms with Gasteiger partial charge in [0.05, 0.1) is 23.5 Å². The maximum atomic E-state index is 9.83. The van der Waals surface area contributed by atoms with Crippen LogP contribution < -0.4 is 10.5 Å². The van der Waals surface area contributed by atoms with Crippen LogP contribution in [0.2, 0.25) is 0 Å². The highest BCUT2D eigenvalue weighted by Gasteiger charge is 2.41. The highest BCUT2D eigenvalue weighted by atomic mass is 16.5. The molecular weight excluding hydrogens is 352 g/mol. The third-order valence-corrected chi connectivity index (χ3v) is 5.43. The van der Waals surface area contributed by atoms with E-state index in [1.807, 2.05) is 46.6 Å². The zero-order chi connectivity index (χ0) is 19.3. The van der Waals surface area contributed by atoms with Crippen molar-refractivity contribution in [2.75, 3.05) is 0 Å². The third-order valence-electron chi connectivity index (χ3n) is 5.43. The van der Waals surface area contributed by atoms with Gasteiger partial charge in [0.2, 0.25) is 11.8 Å². The number of benzene rings is 1. The Labute approximate surface area is 162 Å². The van der Waals surface area contributed by atoms with Gasteiger partial charge < -0.3 is 15.0 Å². The molecular formula is C21H20N6O. The van der Waals surface area contributed by atoms with Crippen molar-refractivity contribution in [3.05, 3.63) is 71.3 Å². The molecule has 7 heteroatoms. The Morgan fingerprint density at radius 1 is 1.29 bits per heavy atom. The number of aryl methyl sites for hydroxylation is 1. The Kier molecular flexibility index (Phi) is 3.72. The van der Waals surface area contributed by atoms with Crippen LogP contribution in [0.25, 0.3) is 5.69 Å². The molecule has 28 heavy (non-hydrogen) atoms. The lowest BCUT2D eigenvalue weighted by molar-refractivity contribution is 0.350. The van der Waals surface area contributed by atoms with E-state index in [0.717, 1.165) is 35.3 Å². The van der Waals surface area contributed by atoms with Gasteiger partial charge in [-0.15, -0.1) is 0 Å². The monoisotopic (exact) mass is 372 g/mol. The van der Waals surface area contributed by atoms with Crippen molar-refractivity contribution in [1.82, 2.24) is 19.3 Å². The van der Waals surface area contributed by atoms with E-state index >= 15 is 0 Å². The van der Waals surface area contributed by atoms with E-state index < -0.39 is 0 Å². The summed E-state index contributed by atoms with van der Waals surface area (Å²) in [6, 6.07) is 10.4. The minimum Gasteiger partial charge on any atom is -0.422 e. The molecule has 1 aliphatic carbocycles. The molecule has 0 bridgehead atoms. The second-order valence-corrected chi connectivity index (χ2v) is 7.18. The molecule has 1 saturated carbocycles. The maximum Gasteiger partial charge on any atom is 0.224 e. The molecule has 1 aliphatic heterocycles. The molecule has 2 N–H and O–H groups in total. The van der Waals surface area contributed by atoms with Crippen LogP contribution in [-0.4, -0.2) is 19.3 Å². The minimum absolute atomic E-state index is 0.163. The number of nitrogens with zero attached hydrogens (tertiary/aromatic N) is 5. The normalized spacial score (nSPS) is 18.5. The number of allylic oxidation sites excluding steroid dienone is 1. The number of imidazole rings is 1. The van der Waals surface area contributed by atoms with Crippen LogP contribution in [0, 0.1) is 11.3 Å². The first-order valence-corrected chi connectivity index (χ1v) is 9.47. The van der Waals surface area contributed by atoms with Gasteiger partial charge in [-0.3, -0.25) is 0 Å². The fourth-order valence-corrected chi connectivity index (χ4v) is 3.88. The van der Waals surface area contributed by atoms with E-state index in [1.165, 1.54) is 0 Å². The number of nitrogens with two attached hydrogens (primary N) is 1. The highest BCUT2D eigenvalue weighted by Crippen LogP contribution is 2.50. The number of hydrogen-bond donors (Lipinski definition) is 1. The molecule has 1 unspecified atom stereocenters. The molecule has 5 rings (SSSR count). The molecule has 1 atom stereocenters. The Bertz CT molecular complexity index is 1100. The van der Waals surface area contributed by atoms with E-state index in [9.17, 15) is 5.26 Å². The van der Waals surface area contributed by atoms with Crippen molar-refractivity contribution in [3.8, 4) is 17.6 Å². The van der Waals surface area contributed by atoms with Crippen LogP contribution in [0.4, 0.5) is 0 Å². The molecule has 7 nitrogen and oxygen atoms in total. The lowest BCUT2D eigenvalue weighted by Gasteiger charge is -2.25. The maximum absolute atomic E-state index is 9.83. The van der Waals surface area contributed by atoms with Gasteiger partial charge in [0, 0.05) is 30.5 Å². The van der Waals surface area contributed by atoms with E-state index in [-0.39, 0.29) is 11.8 Å². The molecule has 0 radical (unpaired) electrons. The molecule has 2 aromatic heterocycles. The molecule has 0 amide bonds. The van der Waals surface area contributed by atoms with Gasteiger partial charge in [0.25, 0.3) is 0 Å². The predicted octanol–water partition coefficient (Wildman–Crippen LogP) is 3.18. The summed E-state index contributed by atoms with van der Waals surface area (Å²) in [5.41, 5.74) is 10.6. The SMILES string of the molecule is CCn1nc(C2CC2)c2c1OC(N)=C(C#N)C2c1ccc(-n2ccnc2)cc1. The number of hydrogen-bond acceptors (Lipinski definition) is 5. The zero-order valence-electron chi connectivity index (χ0n) is 15.5. The number of rotatable bonds is 4. The van der Waals surface area contributed by atoms with Gasteiger partial charge in [-0.1, -0.05) is 12.1 Å². The van der Waals surface area contributed by atoms with Crippen LogP contribution in [0.3, 0.4) is 0 Å².